The van der Waals surface area contributed by atoms with Crippen molar-refractivity contribution < 1.29 is 80.2 Å². The summed E-state index contributed by atoms with van der Waals surface area (Å²) in [6.45, 7) is 4.82. The highest BCUT2D eigenvalue weighted by atomic mass is 31.2. The minimum absolute atomic E-state index is 0.106. The van der Waals surface area contributed by atoms with E-state index in [4.69, 9.17) is 37.0 Å². The topological polar surface area (TPSA) is 237 Å². The fraction of sp³-hybridized carbons (Fsp3) is 0.933. The van der Waals surface area contributed by atoms with Crippen LogP contribution in [0.2, 0.25) is 0 Å². The Morgan fingerprint density at radius 3 is 0.747 bits per heavy atom. The quantitative estimate of drug-likeness (QED) is 0.0222. The zero-order chi connectivity index (χ0) is 58.3. The number of esters is 4. The molecule has 0 saturated heterocycles. The summed E-state index contributed by atoms with van der Waals surface area (Å²) in [5, 5.41) is 10.5. The van der Waals surface area contributed by atoms with Gasteiger partial charge in [0.2, 0.25) is 0 Å². The van der Waals surface area contributed by atoms with Gasteiger partial charge in [-0.2, -0.15) is 0 Å². The van der Waals surface area contributed by atoms with Gasteiger partial charge >= 0.3 is 39.5 Å². The highest BCUT2D eigenvalue weighted by Crippen LogP contribution is 2.45. The summed E-state index contributed by atoms with van der Waals surface area (Å²) in [5.74, 6) is -2.14. The van der Waals surface area contributed by atoms with Crippen molar-refractivity contribution >= 4 is 39.5 Å². The lowest BCUT2D eigenvalue weighted by atomic mass is 10.1. The molecule has 0 bridgehead atoms. The molecule has 0 rings (SSSR count). The normalized spacial score (nSPS) is 14.3. The molecule has 0 radical (unpaired) electrons. The molecule has 0 aromatic rings. The smallest absolute Gasteiger partial charge is 0.462 e. The lowest BCUT2D eigenvalue weighted by Crippen LogP contribution is -2.30. The van der Waals surface area contributed by atoms with E-state index in [2.05, 4.69) is 27.7 Å². The minimum Gasteiger partial charge on any atom is -0.462 e. The third-order valence-electron chi connectivity index (χ3n) is 13.9. The number of phosphoric ester groups is 2. The minimum atomic E-state index is -4.94. The van der Waals surface area contributed by atoms with E-state index in [9.17, 15) is 43.2 Å². The van der Waals surface area contributed by atoms with Gasteiger partial charge in [0.25, 0.3) is 0 Å². The fourth-order valence-corrected chi connectivity index (χ4v) is 10.5. The van der Waals surface area contributed by atoms with E-state index in [0.29, 0.717) is 25.7 Å². The van der Waals surface area contributed by atoms with E-state index in [-0.39, 0.29) is 25.7 Å². The van der Waals surface area contributed by atoms with Gasteiger partial charge < -0.3 is 33.8 Å². The van der Waals surface area contributed by atoms with Gasteiger partial charge in [-0.25, -0.2) is 9.13 Å². The molecule has 79 heavy (non-hydrogen) atoms. The van der Waals surface area contributed by atoms with Gasteiger partial charge in [0.1, 0.15) is 19.3 Å². The van der Waals surface area contributed by atoms with Crippen molar-refractivity contribution in [3.8, 4) is 0 Å². The zero-order valence-electron chi connectivity index (χ0n) is 50.3. The monoisotopic (exact) mass is 1170 g/mol. The molecule has 0 aliphatic rings. The molecule has 0 saturated carbocycles. The first-order valence-electron chi connectivity index (χ1n) is 31.8. The van der Waals surface area contributed by atoms with Crippen LogP contribution in [0.1, 0.15) is 304 Å². The average molecular weight is 1170 g/mol. The van der Waals surface area contributed by atoms with E-state index in [1.54, 1.807) is 0 Å². The number of carbonyl (C=O) groups is 4. The van der Waals surface area contributed by atoms with Crippen molar-refractivity contribution in [2.45, 2.75) is 322 Å². The molecule has 5 atom stereocenters. The highest BCUT2D eigenvalue weighted by molar-refractivity contribution is 7.47. The number of phosphoric acid groups is 2. The van der Waals surface area contributed by atoms with Crippen LogP contribution in [0.5, 0.6) is 0 Å². The summed E-state index contributed by atoms with van der Waals surface area (Å²) in [6, 6.07) is 0. The van der Waals surface area contributed by atoms with E-state index in [1.165, 1.54) is 128 Å². The van der Waals surface area contributed by atoms with Gasteiger partial charge in [-0.1, -0.05) is 252 Å². The predicted octanol–water partition coefficient (Wildman–Crippen LogP) is 16.4. The molecule has 0 spiro atoms. The SMILES string of the molecule is CCCCCCCCCCCCCC(=O)OC[C@H](COP(=O)(O)OC[C@@H](O)COP(=O)(O)OC[C@@H](COC(=O)CCCCCCCCCC)OC(=O)CCCCCCCCCCC)OC(=O)CCCCCCCCCCCCC. The molecular formula is C60H116O17P2. The number of carbonyl (C=O) groups excluding carboxylic acids is 4. The number of ether oxygens (including phenoxy) is 4. The summed E-state index contributed by atoms with van der Waals surface area (Å²) in [7, 11) is -9.87. The van der Waals surface area contributed by atoms with Gasteiger partial charge in [-0.05, 0) is 25.7 Å². The second kappa shape index (κ2) is 55.3. The molecule has 17 nitrogen and oxygen atoms in total. The second-order valence-electron chi connectivity index (χ2n) is 21.7. The van der Waals surface area contributed by atoms with Crippen molar-refractivity contribution in [2.75, 3.05) is 39.6 Å². The lowest BCUT2D eigenvalue weighted by molar-refractivity contribution is -0.161. The highest BCUT2D eigenvalue weighted by Gasteiger charge is 2.30. The number of aliphatic hydroxyl groups is 1. The summed E-state index contributed by atoms with van der Waals surface area (Å²) in [6.07, 6.45) is 38.9. The first-order valence-corrected chi connectivity index (χ1v) is 34.8. The number of hydrogen-bond acceptors (Lipinski definition) is 15. The molecule has 0 aromatic heterocycles. The van der Waals surface area contributed by atoms with Crippen molar-refractivity contribution in [1.82, 2.24) is 0 Å². The Balaban J connectivity index is 5.21. The third kappa shape index (κ3) is 55.0. The Morgan fingerprint density at radius 1 is 0.304 bits per heavy atom. The van der Waals surface area contributed by atoms with Crippen LogP contribution < -0.4 is 0 Å². The van der Waals surface area contributed by atoms with Crippen LogP contribution in [0.3, 0.4) is 0 Å². The third-order valence-corrected chi connectivity index (χ3v) is 15.8. The van der Waals surface area contributed by atoms with Crippen LogP contribution in [0.4, 0.5) is 0 Å². The first-order chi connectivity index (χ1) is 38.2. The van der Waals surface area contributed by atoms with Gasteiger partial charge in [0.05, 0.1) is 26.4 Å². The molecule has 0 fully saturated rings. The molecule has 0 heterocycles. The van der Waals surface area contributed by atoms with Gasteiger partial charge in [-0.15, -0.1) is 0 Å². The Hall–Kier alpha value is -1.94. The Bertz CT molecular complexity index is 1540. The Kier molecular flexibility index (Phi) is 53.9. The summed E-state index contributed by atoms with van der Waals surface area (Å²) in [4.78, 5) is 71.9. The number of rotatable bonds is 61. The van der Waals surface area contributed by atoms with E-state index < -0.39 is 97.5 Å². The predicted molar refractivity (Wildman–Crippen MR) is 312 cm³/mol. The average Bonchev–Trinajstić information content (AvgIpc) is 3.42. The van der Waals surface area contributed by atoms with Crippen molar-refractivity contribution in [1.29, 1.82) is 0 Å². The van der Waals surface area contributed by atoms with E-state index in [1.807, 2.05) is 0 Å². The standard InChI is InChI=1S/C60H116O17P2/c1-5-9-13-17-21-25-27-30-33-37-41-45-58(63)71-51-56(77-60(65)47-43-39-35-31-28-26-22-18-14-10-6-2)53-75-79(68,69)73-49-54(61)48-72-78(66,67)74-52-55(50-70-57(62)44-40-36-32-24-20-16-12-8-4)76-59(64)46-42-38-34-29-23-19-15-11-7-3/h54-56,61H,5-53H2,1-4H3,(H,66,67)(H,68,69)/t54-,55+,56+/m0/s1. The van der Waals surface area contributed by atoms with Crippen LogP contribution in [-0.4, -0.2) is 96.7 Å². The molecule has 0 aromatic carbocycles. The van der Waals surface area contributed by atoms with Crippen molar-refractivity contribution in [2.24, 2.45) is 0 Å². The molecule has 0 amide bonds. The molecular weight excluding hydrogens is 1050 g/mol. The van der Waals surface area contributed by atoms with Gasteiger partial charge in [0, 0.05) is 25.7 Å². The van der Waals surface area contributed by atoms with Gasteiger partial charge in [-0.3, -0.25) is 37.3 Å². The first kappa shape index (κ1) is 77.1. The fourth-order valence-electron chi connectivity index (χ4n) is 8.93. The molecule has 0 aliphatic heterocycles. The second-order valence-corrected chi connectivity index (χ2v) is 24.6. The summed E-state index contributed by atoms with van der Waals surface area (Å²) < 4.78 is 67.7. The van der Waals surface area contributed by atoms with E-state index >= 15 is 0 Å². The van der Waals surface area contributed by atoms with Gasteiger partial charge in [0.15, 0.2) is 12.2 Å². The van der Waals surface area contributed by atoms with Crippen LogP contribution in [0.25, 0.3) is 0 Å². The lowest BCUT2D eigenvalue weighted by Gasteiger charge is -2.21. The van der Waals surface area contributed by atoms with Crippen LogP contribution in [0.15, 0.2) is 0 Å². The van der Waals surface area contributed by atoms with Crippen LogP contribution in [-0.2, 0) is 65.4 Å². The Morgan fingerprint density at radius 2 is 0.506 bits per heavy atom. The summed E-state index contributed by atoms with van der Waals surface area (Å²) in [5.41, 5.74) is 0. The largest absolute Gasteiger partial charge is 0.472 e. The van der Waals surface area contributed by atoms with Crippen LogP contribution >= 0.6 is 15.6 Å². The molecule has 19 heteroatoms. The van der Waals surface area contributed by atoms with Crippen molar-refractivity contribution in [3.63, 3.8) is 0 Å². The number of aliphatic hydroxyl groups excluding tert-OH is 1. The maximum atomic E-state index is 12.9. The zero-order valence-corrected chi connectivity index (χ0v) is 52.1. The molecule has 3 N–H and O–H groups in total. The van der Waals surface area contributed by atoms with E-state index in [0.717, 1.165) is 96.3 Å². The van der Waals surface area contributed by atoms with Crippen LogP contribution in [0, 0.1) is 0 Å². The maximum Gasteiger partial charge on any atom is 0.472 e. The maximum absolute atomic E-state index is 12.9. The molecule has 468 valence electrons. The summed E-state index contributed by atoms with van der Waals surface area (Å²) >= 11 is 0. The van der Waals surface area contributed by atoms with Crippen molar-refractivity contribution in [3.05, 3.63) is 0 Å². The number of hydrogen-bond donors (Lipinski definition) is 3. The molecule has 0 aliphatic carbocycles. The Labute approximate surface area is 479 Å². The molecule has 2 unspecified atom stereocenters. The number of unbranched alkanes of at least 4 members (excludes halogenated alkanes) is 35.